The summed E-state index contributed by atoms with van der Waals surface area (Å²) in [4.78, 5) is 9.12. The molecule has 1 saturated heterocycles. The molecule has 1 heterocycles. The van der Waals surface area contributed by atoms with Gasteiger partial charge < -0.3 is 11.1 Å². The van der Waals surface area contributed by atoms with Gasteiger partial charge in [0.1, 0.15) is 0 Å². The molecular weight excluding hydrogens is 209 g/mol. The summed E-state index contributed by atoms with van der Waals surface area (Å²) in [6.45, 7) is 2.50. The summed E-state index contributed by atoms with van der Waals surface area (Å²) in [7, 11) is 0. The Morgan fingerprint density at radius 1 is 1.23 bits per heavy atom. The molecule has 1 amide bonds. The summed E-state index contributed by atoms with van der Waals surface area (Å²) < 4.78 is 32.1. The lowest BCUT2D eigenvalue weighted by Gasteiger charge is -1.95. The van der Waals surface area contributed by atoms with Crippen LogP contribution < -0.4 is 11.1 Å². The fourth-order valence-electron chi connectivity index (χ4n) is 0.625. The van der Waals surface area contributed by atoms with Crippen LogP contribution in [0.1, 0.15) is 12.8 Å². The van der Waals surface area contributed by atoms with Crippen LogP contribution in [-0.2, 0) is 4.79 Å². The second-order valence-corrected chi connectivity index (χ2v) is 2.32. The molecule has 0 bridgehead atoms. The van der Waals surface area contributed by atoms with Crippen molar-refractivity contribution in [1.29, 1.82) is 0 Å². The highest BCUT2D eigenvalue weighted by molar-refractivity contribution is 5.85. The van der Waals surface area contributed by atoms with E-state index >= 15 is 0 Å². The van der Waals surface area contributed by atoms with E-state index in [0.717, 1.165) is 0 Å². The lowest BCUT2D eigenvalue weighted by Crippen LogP contribution is -2.30. The predicted molar refractivity (Wildman–Crippen MR) is 44.6 cm³/mol. The Bertz CT molecular complexity index is 140. The average Bonchev–Trinajstić information content (AvgIpc) is 2.39. The smallest absolute Gasteiger partial charge is 0.362 e. The van der Waals surface area contributed by atoms with Crippen LogP contribution in [0, 0.1) is 0 Å². The molecule has 0 spiro atoms. The molecule has 0 aromatic carbocycles. The quantitative estimate of drug-likeness (QED) is 0.635. The summed E-state index contributed by atoms with van der Waals surface area (Å²) >= 11 is 0. The van der Waals surface area contributed by atoms with E-state index in [9.17, 15) is 13.2 Å². The Hall–Kier alpha value is -0.490. The summed E-state index contributed by atoms with van der Waals surface area (Å²) in [5.41, 5.74) is 3.81. The van der Waals surface area contributed by atoms with E-state index < -0.39 is 12.1 Å². The van der Waals surface area contributed by atoms with Crippen molar-refractivity contribution in [3.63, 3.8) is 0 Å². The van der Waals surface area contributed by atoms with E-state index in [0.29, 0.717) is 0 Å². The van der Waals surface area contributed by atoms with Crippen LogP contribution in [0.2, 0.25) is 0 Å². The van der Waals surface area contributed by atoms with Crippen LogP contribution in [0.3, 0.4) is 0 Å². The molecule has 13 heavy (non-hydrogen) atoms. The van der Waals surface area contributed by atoms with Gasteiger partial charge in [-0.2, -0.15) is 13.2 Å². The van der Waals surface area contributed by atoms with Crippen molar-refractivity contribution in [1.82, 2.24) is 5.32 Å². The minimum atomic E-state index is -4.86. The standard InChI is InChI=1S/C4H9N.C2H2F3NO.ClH/c1-2-4-5-3-1;3-2(4,5)1(6)7;/h5H,1-4H2;(H2,6,7);1H. The first kappa shape index (κ1) is 15.0. The first-order valence-electron chi connectivity index (χ1n) is 3.52. The zero-order valence-electron chi connectivity index (χ0n) is 6.86. The topological polar surface area (TPSA) is 55.1 Å². The van der Waals surface area contributed by atoms with Crippen LogP contribution in [-0.4, -0.2) is 25.2 Å². The lowest BCUT2D eigenvalue weighted by atomic mass is 10.4. The SMILES string of the molecule is C1CCNC1.Cl.NC(=O)C(F)(F)F. The Morgan fingerprint density at radius 2 is 1.54 bits per heavy atom. The maximum absolute atomic E-state index is 10.7. The van der Waals surface area contributed by atoms with Gasteiger partial charge in [-0.25, -0.2) is 0 Å². The molecule has 1 aliphatic rings. The number of nitrogens with one attached hydrogen (secondary N) is 1. The van der Waals surface area contributed by atoms with E-state index in [4.69, 9.17) is 4.79 Å². The van der Waals surface area contributed by atoms with Gasteiger partial charge in [0.25, 0.3) is 0 Å². The van der Waals surface area contributed by atoms with Gasteiger partial charge >= 0.3 is 12.1 Å². The van der Waals surface area contributed by atoms with E-state index in [1.54, 1.807) is 0 Å². The summed E-state index contributed by atoms with van der Waals surface area (Å²) in [6, 6.07) is 0. The molecule has 0 aromatic heterocycles. The van der Waals surface area contributed by atoms with Gasteiger partial charge in [0, 0.05) is 0 Å². The zero-order valence-corrected chi connectivity index (χ0v) is 7.67. The lowest BCUT2D eigenvalue weighted by molar-refractivity contribution is -0.169. The molecule has 0 aliphatic carbocycles. The monoisotopic (exact) mass is 220 g/mol. The zero-order chi connectivity index (χ0) is 9.61. The van der Waals surface area contributed by atoms with Crippen molar-refractivity contribution in [3.8, 4) is 0 Å². The molecule has 1 fully saturated rings. The Balaban J connectivity index is 0. The average molecular weight is 221 g/mol. The largest absolute Gasteiger partial charge is 0.470 e. The van der Waals surface area contributed by atoms with Gasteiger partial charge in [-0.1, -0.05) is 0 Å². The first-order valence-corrected chi connectivity index (χ1v) is 3.52. The number of hydrogen-bond donors (Lipinski definition) is 2. The molecule has 3 N–H and O–H groups in total. The highest BCUT2D eigenvalue weighted by Gasteiger charge is 2.35. The third-order valence-electron chi connectivity index (χ3n) is 1.24. The van der Waals surface area contributed by atoms with Crippen LogP contribution in [0.5, 0.6) is 0 Å². The summed E-state index contributed by atoms with van der Waals surface area (Å²) in [6.07, 6.45) is -2.08. The molecule has 0 atom stereocenters. The summed E-state index contributed by atoms with van der Waals surface area (Å²) in [5, 5.41) is 3.22. The number of nitrogens with two attached hydrogens (primary N) is 1. The fraction of sp³-hybridized carbons (Fsp3) is 0.833. The molecule has 0 radical (unpaired) electrons. The van der Waals surface area contributed by atoms with Gasteiger partial charge in [0.15, 0.2) is 0 Å². The predicted octanol–water partition coefficient (Wildman–Crippen LogP) is 0.826. The van der Waals surface area contributed by atoms with Gasteiger partial charge in [-0.3, -0.25) is 4.79 Å². The van der Waals surface area contributed by atoms with Gasteiger partial charge in [-0.05, 0) is 25.9 Å². The Kier molecular flexibility index (Phi) is 8.04. The van der Waals surface area contributed by atoms with Gasteiger partial charge in [-0.15, -0.1) is 12.4 Å². The summed E-state index contributed by atoms with van der Waals surface area (Å²) in [5.74, 6) is -2.26. The van der Waals surface area contributed by atoms with Crippen molar-refractivity contribution in [2.24, 2.45) is 5.73 Å². The second-order valence-electron chi connectivity index (χ2n) is 2.32. The molecule has 80 valence electrons. The molecule has 0 aromatic rings. The number of carbonyl (C=O) groups is 1. The van der Waals surface area contributed by atoms with Crippen LogP contribution in [0.25, 0.3) is 0 Å². The molecule has 0 unspecified atom stereocenters. The maximum Gasteiger partial charge on any atom is 0.470 e. The number of halogens is 4. The maximum atomic E-state index is 10.7. The van der Waals surface area contributed by atoms with E-state index in [2.05, 4.69) is 11.1 Å². The molecule has 0 saturated carbocycles. The molecule has 1 aliphatic heterocycles. The van der Waals surface area contributed by atoms with Crippen LogP contribution in [0.15, 0.2) is 0 Å². The van der Waals surface area contributed by atoms with Crippen molar-refractivity contribution in [2.45, 2.75) is 19.0 Å². The fourth-order valence-corrected chi connectivity index (χ4v) is 0.625. The number of amides is 1. The van der Waals surface area contributed by atoms with E-state index in [1.165, 1.54) is 25.9 Å². The number of primary amides is 1. The highest BCUT2D eigenvalue weighted by Crippen LogP contribution is 2.11. The van der Waals surface area contributed by atoms with Crippen LogP contribution >= 0.6 is 12.4 Å². The third-order valence-corrected chi connectivity index (χ3v) is 1.24. The number of rotatable bonds is 0. The van der Waals surface area contributed by atoms with E-state index in [-0.39, 0.29) is 12.4 Å². The van der Waals surface area contributed by atoms with Crippen molar-refractivity contribution in [3.05, 3.63) is 0 Å². The number of hydrogen-bond acceptors (Lipinski definition) is 2. The van der Waals surface area contributed by atoms with Crippen molar-refractivity contribution < 1.29 is 18.0 Å². The van der Waals surface area contributed by atoms with Gasteiger partial charge in [0.2, 0.25) is 0 Å². The third kappa shape index (κ3) is 9.42. The van der Waals surface area contributed by atoms with E-state index in [1.807, 2.05) is 0 Å². The first-order chi connectivity index (χ1) is 5.44. The Morgan fingerprint density at radius 3 is 1.62 bits per heavy atom. The Labute approximate surface area is 80.3 Å². The molecule has 7 heteroatoms. The van der Waals surface area contributed by atoms with Crippen LogP contribution in [0.4, 0.5) is 13.2 Å². The van der Waals surface area contributed by atoms with Crippen molar-refractivity contribution >= 4 is 18.3 Å². The number of alkyl halides is 3. The number of carbonyl (C=O) groups excluding carboxylic acids is 1. The molecule has 3 nitrogen and oxygen atoms in total. The second kappa shape index (κ2) is 6.97. The molecular formula is C6H12ClF3N2O. The molecule has 1 rings (SSSR count). The normalized spacial score (nSPS) is 15.3. The minimum Gasteiger partial charge on any atom is -0.362 e. The minimum absolute atomic E-state index is 0. The highest BCUT2D eigenvalue weighted by atomic mass is 35.5. The van der Waals surface area contributed by atoms with Gasteiger partial charge in [0.05, 0.1) is 0 Å². The van der Waals surface area contributed by atoms with Crippen molar-refractivity contribution in [2.75, 3.05) is 13.1 Å².